The number of aryl methyl sites for hydroxylation is 2. The van der Waals surface area contributed by atoms with Crippen LogP contribution >= 0.6 is 22.6 Å². The van der Waals surface area contributed by atoms with E-state index < -0.39 is 0 Å². The van der Waals surface area contributed by atoms with Gasteiger partial charge in [-0.1, -0.05) is 0 Å². The SMILES string of the molecule is COc1c(C)n2nc(C)c(I)c2[nH]c1=O. The molecule has 0 fully saturated rings. The van der Waals surface area contributed by atoms with Gasteiger partial charge in [0.1, 0.15) is 5.65 Å². The Hall–Kier alpha value is -1.05. The third kappa shape index (κ3) is 1.43. The first-order valence-corrected chi connectivity index (χ1v) is 5.46. The molecule has 0 amide bonds. The number of hydrogen-bond acceptors (Lipinski definition) is 3. The Morgan fingerprint density at radius 1 is 1.47 bits per heavy atom. The molecule has 0 radical (unpaired) electrons. The zero-order valence-electron chi connectivity index (χ0n) is 8.59. The van der Waals surface area contributed by atoms with E-state index >= 15 is 0 Å². The van der Waals surface area contributed by atoms with Crippen LogP contribution < -0.4 is 10.3 Å². The molecular formula is C9H10IN3O2. The summed E-state index contributed by atoms with van der Waals surface area (Å²) in [6, 6.07) is 0. The number of halogens is 1. The van der Waals surface area contributed by atoms with Crippen molar-refractivity contribution < 1.29 is 4.74 Å². The topological polar surface area (TPSA) is 59.4 Å². The Morgan fingerprint density at radius 3 is 2.73 bits per heavy atom. The molecule has 0 aliphatic heterocycles. The quantitative estimate of drug-likeness (QED) is 0.805. The van der Waals surface area contributed by atoms with Gasteiger partial charge in [0.2, 0.25) is 5.75 Å². The van der Waals surface area contributed by atoms with Crippen LogP contribution in [0, 0.1) is 17.4 Å². The van der Waals surface area contributed by atoms with Crippen LogP contribution in [0.2, 0.25) is 0 Å². The summed E-state index contributed by atoms with van der Waals surface area (Å²) >= 11 is 2.16. The largest absolute Gasteiger partial charge is 0.490 e. The lowest BCUT2D eigenvalue weighted by atomic mass is 10.4. The maximum atomic E-state index is 11.6. The van der Waals surface area contributed by atoms with E-state index in [4.69, 9.17) is 4.74 Å². The lowest BCUT2D eigenvalue weighted by molar-refractivity contribution is 0.400. The van der Waals surface area contributed by atoms with Gasteiger partial charge in [-0.2, -0.15) is 5.10 Å². The van der Waals surface area contributed by atoms with Gasteiger partial charge in [0.15, 0.2) is 0 Å². The first kappa shape index (κ1) is 10.5. The highest BCUT2D eigenvalue weighted by Gasteiger charge is 2.14. The normalized spacial score (nSPS) is 10.9. The molecule has 6 heteroatoms. The molecule has 2 heterocycles. The second-order valence-electron chi connectivity index (χ2n) is 3.23. The Balaban J connectivity index is 2.97. The molecule has 0 atom stereocenters. The molecule has 0 saturated heterocycles. The Morgan fingerprint density at radius 2 is 2.13 bits per heavy atom. The van der Waals surface area contributed by atoms with Gasteiger partial charge in [0.05, 0.1) is 22.1 Å². The predicted molar refractivity (Wildman–Crippen MR) is 64.6 cm³/mol. The zero-order valence-corrected chi connectivity index (χ0v) is 10.7. The molecule has 5 nitrogen and oxygen atoms in total. The summed E-state index contributed by atoms with van der Waals surface area (Å²) in [5, 5.41) is 4.32. The highest BCUT2D eigenvalue weighted by Crippen LogP contribution is 2.19. The van der Waals surface area contributed by atoms with Crippen LogP contribution in [0.1, 0.15) is 11.4 Å². The van der Waals surface area contributed by atoms with E-state index in [-0.39, 0.29) is 5.56 Å². The van der Waals surface area contributed by atoms with Crippen molar-refractivity contribution in [2.24, 2.45) is 0 Å². The number of methoxy groups -OCH3 is 1. The number of rotatable bonds is 1. The fraction of sp³-hybridized carbons (Fsp3) is 0.333. The molecule has 0 aromatic carbocycles. The smallest absolute Gasteiger partial charge is 0.293 e. The van der Waals surface area contributed by atoms with E-state index in [1.165, 1.54) is 7.11 Å². The number of H-pyrrole nitrogens is 1. The lowest BCUT2D eigenvalue weighted by Gasteiger charge is -2.04. The minimum Gasteiger partial charge on any atom is -0.490 e. The first-order chi connectivity index (χ1) is 7.06. The second-order valence-corrected chi connectivity index (χ2v) is 4.31. The summed E-state index contributed by atoms with van der Waals surface area (Å²) in [4.78, 5) is 14.4. The van der Waals surface area contributed by atoms with Gasteiger partial charge in [0, 0.05) is 0 Å². The standard InChI is InChI=1S/C9H10IN3O2/c1-4-6(10)8-11-9(14)7(15-3)5(2)13(8)12-4/h1-3H3,(H,11,14). The summed E-state index contributed by atoms with van der Waals surface area (Å²) in [6.07, 6.45) is 0. The van der Waals surface area contributed by atoms with Gasteiger partial charge in [-0.05, 0) is 36.4 Å². The van der Waals surface area contributed by atoms with E-state index in [0.717, 1.165) is 14.9 Å². The van der Waals surface area contributed by atoms with E-state index in [1.54, 1.807) is 4.52 Å². The average molecular weight is 319 g/mol. The summed E-state index contributed by atoms with van der Waals surface area (Å²) in [7, 11) is 1.48. The highest BCUT2D eigenvalue weighted by molar-refractivity contribution is 14.1. The van der Waals surface area contributed by atoms with Crippen LogP contribution in [-0.4, -0.2) is 21.7 Å². The van der Waals surface area contributed by atoms with Gasteiger partial charge >= 0.3 is 0 Å². The number of hydrogen-bond donors (Lipinski definition) is 1. The molecule has 2 aromatic rings. The molecular weight excluding hydrogens is 309 g/mol. The van der Waals surface area contributed by atoms with Crippen molar-refractivity contribution in [1.82, 2.24) is 14.6 Å². The maximum absolute atomic E-state index is 11.6. The molecule has 15 heavy (non-hydrogen) atoms. The molecule has 0 saturated carbocycles. The Bertz CT molecular complexity index is 585. The number of aromatic nitrogens is 3. The van der Waals surface area contributed by atoms with Crippen molar-refractivity contribution in [2.45, 2.75) is 13.8 Å². The summed E-state index contributed by atoms with van der Waals surface area (Å²) in [5.41, 5.74) is 2.10. The molecule has 0 bridgehead atoms. The fourth-order valence-electron chi connectivity index (χ4n) is 1.52. The van der Waals surface area contributed by atoms with Gasteiger partial charge < -0.3 is 9.72 Å². The average Bonchev–Trinajstić information content (AvgIpc) is 2.46. The highest BCUT2D eigenvalue weighted by atomic mass is 127. The van der Waals surface area contributed by atoms with Crippen LogP contribution in [0.5, 0.6) is 5.75 Å². The van der Waals surface area contributed by atoms with E-state index in [9.17, 15) is 4.79 Å². The molecule has 0 aliphatic carbocycles. The fourth-order valence-corrected chi connectivity index (χ4v) is 2.00. The van der Waals surface area contributed by atoms with Gasteiger partial charge in [0.25, 0.3) is 5.56 Å². The van der Waals surface area contributed by atoms with Crippen LogP contribution in [-0.2, 0) is 0 Å². The molecule has 2 rings (SSSR count). The Kier molecular flexibility index (Phi) is 2.45. The third-order valence-electron chi connectivity index (χ3n) is 2.28. The first-order valence-electron chi connectivity index (χ1n) is 4.38. The summed E-state index contributed by atoms with van der Waals surface area (Å²) in [5.74, 6) is 0.307. The van der Waals surface area contributed by atoms with Crippen molar-refractivity contribution >= 4 is 28.2 Å². The van der Waals surface area contributed by atoms with Crippen LogP contribution in [0.15, 0.2) is 4.79 Å². The van der Waals surface area contributed by atoms with Crippen molar-refractivity contribution in [3.8, 4) is 5.75 Å². The molecule has 0 unspecified atom stereocenters. The maximum Gasteiger partial charge on any atom is 0.293 e. The number of ether oxygens (including phenoxy) is 1. The summed E-state index contributed by atoms with van der Waals surface area (Å²) < 4.78 is 7.67. The van der Waals surface area contributed by atoms with Crippen molar-refractivity contribution in [2.75, 3.05) is 7.11 Å². The molecule has 80 valence electrons. The zero-order chi connectivity index (χ0) is 11.2. The van der Waals surface area contributed by atoms with Crippen LogP contribution in [0.25, 0.3) is 5.65 Å². The predicted octanol–water partition coefficient (Wildman–Crippen LogP) is 1.25. The van der Waals surface area contributed by atoms with Crippen molar-refractivity contribution in [3.05, 3.63) is 25.3 Å². The second kappa shape index (κ2) is 3.51. The molecule has 0 aliphatic rings. The Labute approximate surface area is 99.6 Å². The van der Waals surface area contributed by atoms with Crippen LogP contribution in [0.4, 0.5) is 0 Å². The van der Waals surface area contributed by atoms with E-state index in [1.807, 2.05) is 13.8 Å². The van der Waals surface area contributed by atoms with Crippen molar-refractivity contribution in [3.63, 3.8) is 0 Å². The molecule has 1 N–H and O–H groups in total. The van der Waals surface area contributed by atoms with Crippen LogP contribution in [0.3, 0.4) is 0 Å². The number of aromatic amines is 1. The van der Waals surface area contributed by atoms with Crippen molar-refractivity contribution in [1.29, 1.82) is 0 Å². The molecule has 0 spiro atoms. The van der Waals surface area contributed by atoms with Gasteiger partial charge in [-0.25, -0.2) is 4.52 Å². The van der Waals surface area contributed by atoms with E-state index in [2.05, 4.69) is 32.7 Å². The number of nitrogens with zero attached hydrogens (tertiary/aromatic N) is 2. The lowest BCUT2D eigenvalue weighted by Crippen LogP contribution is -2.15. The third-order valence-corrected chi connectivity index (χ3v) is 3.57. The minimum absolute atomic E-state index is 0.222. The number of fused-ring (bicyclic) bond motifs is 1. The summed E-state index contributed by atoms with van der Waals surface area (Å²) in [6.45, 7) is 3.71. The number of nitrogens with one attached hydrogen (secondary N) is 1. The van der Waals surface area contributed by atoms with Gasteiger partial charge in [-0.15, -0.1) is 0 Å². The monoisotopic (exact) mass is 319 g/mol. The minimum atomic E-state index is -0.222. The van der Waals surface area contributed by atoms with Gasteiger partial charge in [-0.3, -0.25) is 4.79 Å². The van der Waals surface area contributed by atoms with E-state index in [0.29, 0.717) is 11.4 Å². The molecule has 2 aromatic heterocycles.